The predicted molar refractivity (Wildman–Crippen MR) is 148 cm³/mol. The molecule has 8 nitrogen and oxygen atoms in total. The van der Waals surface area contributed by atoms with Crippen molar-refractivity contribution in [1.29, 1.82) is 0 Å². The van der Waals surface area contributed by atoms with Gasteiger partial charge in [0, 0.05) is 35.6 Å². The summed E-state index contributed by atoms with van der Waals surface area (Å²) in [4.78, 5) is 15.5. The lowest BCUT2D eigenvalue weighted by atomic mass is 9.90. The molecule has 2 atom stereocenters. The lowest BCUT2D eigenvalue weighted by molar-refractivity contribution is -0.137. The number of ether oxygens (including phenoxy) is 3. The molecule has 2 aromatic carbocycles. The third-order valence-corrected chi connectivity index (χ3v) is 8.45. The average molecular weight is 570 g/mol. The van der Waals surface area contributed by atoms with E-state index >= 15 is 4.39 Å². The summed E-state index contributed by atoms with van der Waals surface area (Å²) in [7, 11) is -3.04. The minimum Gasteiger partial charge on any atom is -0.494 e. The number of hydrogen-bond donors (Lipinski definition) is 1. The van der Waals surface area contributed by atoms with Crippen LogP contribution < -0.4 is 14.2 Å². The molecule has 0 bridgehead atoms. The van der Waals surface area contributed by atoms with Gasteiger partial charge in [-0.25, -0.2) is 17.8 Å². The number of carboxylic acid groups (broad SMARTS) is 1. The van der Waals surface area contributed by atoms with Gasteiger partial charge in [0.05, 0.1) is 25.4 Å². The first-order valence-electron chi connectivity index (χ1n) is 13.2. The highest BCUT2D eigenvalue weighted by atomic mass is 32.2. The van der Waals surface area contributed by atoms with Gasteiger partial charge in [-0.15, -0.1) is 0 Å². The number of rotatable bonds is 10. The third-order valence-electron chi connectivity index (χ3n) is 7.42. The van der Waals surface area contributed by atoms with Crippen LogP contribution in [0.4, 0.5) is 4.39 Å². The van der Waals surface area contributed by atoms with Gasteiger partial charge < -0.3 is 19.3 Å². The summed E-state index contributed by atoms with van der Waals surface area (Å²) in [6.45, 7) is 4.41. The molecule has 0 saturated heterocycles. The molecule has 5 rings (SSSR count). The summed E-state index contributed by atoms with van der Waals surface area (Å²) in [6.07, 6.45) is 4.19. The molecule has 1 N–H and O–H groups in total. The Morgan fingerprint density at radius 3 is 2.60 bits per heavy atom. The molecule has 0 fully saturated rings. The predicted octanol–water partition coefficient (Wildman–Crippen LogP) is 5.34. The number of benzene rings is 2. The lowest BCUT2D eigenvalue weighted by Crippen LogP contribution is -2.08. The van der Waals surface area contributed by atoms with E-state index in [0.29, 0.717) is 48.8 Å². The molecule has 0 radical (unpaired) electrons. The van der Waals surface area contributed by atoms with Crippen molar-refractivity contribution in [2.45, 2.75) is 51.6 Å². The van der Waals surface area contributed by atoms with E-state index in [0.717, 1.165) is 33.4 Å². The third kappa shape index (κ3) is 5.91. The van der Waals surface area contributed by atoms with Crippen LogP contribution in [0.15, 0.2) is 36.5 Å². The maximum Gasteiger partial charge on any atom is 0.304 e. The smallest absolute Gasteiger partial charge is 0.304 e. The Labute approximate surface area is 233 Å². The molecule has 3 aromatic rings. The van der Waals surface area contributed by atoms with E-state index in [1.54, 1.807) is 18.3 Å². The number of sulfone groups is 1. The molecule has 2 unspecified atom stereocenters. The topological polar surface area (TPSA) is 112 Å². The van der Waals surface area contributed by atoms with Gasteiger partial charge in [0.25, 0.3) is 0 Å². The van der Waals surface area contributed by atoms with Crippen LogP contribution in [-0.2, 0) is 21.1 Å². The van der Waals surface area contributed by atoms with Crippen LogP contribution in [0.25, 0.3) is 11.1 Å². The van der Waals surface area contributed by atoms with E-state index in [4.69, 9.17) is 19.3 Å². The van der Waals surface area contributed by atoms with Gasteiger partial charge in [-0.05, 0) is 79.1 Å². The van der Waals surface area contributed by atoms with Crippen molar-refractivity contribution < 1.29 is 36.9 Å². The van der Waals surface area contributed by atoms with Crippen LogP contribution in [0, 0.1) is 19.7 Å². The second kappa shape index (κ2) is 11.1. The van der Waals surface area contributed by atoms with Crippen molar-refractivity contribution in [3.63, 3.8) is 0 Å². The summed E-state index contributed by atoms with van der Waals surface area (Å²) in [6, 6.07) is 8.65. The Morgan fingerprint density at radius 1 is 1.15 bits per heavy atom. The van der Waals surface area contributed by atoms with Crippen LogP contribution in [0.1, 0.15) is 59.1 Å². The highest BCUT2D eigenvalue weighted by Crippen LogP contribution is 2.44. The highest BCUT2D eigenvalue weighted by Gasteiger charge is 2.31. The number of aromatic nitrogens is 1. The zero-order valence-corrected chi connectivity index (χ0v) is 23.5. The quantitative estimate of drug-likeness (QED) is 0.326. The number of nitrogens with zero attached hydrogens (tertiary/aromatic N) is 1. The molecule has 2 heterocycles. The monoisotopic (exact) mass is 569 g/mol. The van der Waals surface area contributed by atoms with Crippen molar-refractivity contribution in [3.05, 3.63) is 70.2 Å². The van der Waals surface area contributed by atoms with Crippen molar-refractivity contribution in [1.82, 2.24) is 4.98 Å². The standard InChI is InChI=1S/C30H32FNO7S/c1-17-11-20(37-9-4-10-40(3,35)36)12-18(2)29(17)30-22-6-8-25(21(22)5-7-24(30)31)39-27-14-26-23(15-32-27)19(16-38-26)13-28(33)34/h5,7,11-12,14-15,19,25H,4,6,8-10,13,16H2,1-3H3,(H,33,34). The SMILES string of the molecule is Cc1cc(OCCCS(C)(=O)=O)cc(C)c1-c1c(F)ccc2c1CCC2Oc1cc2c(cn1)C(CC(=O)O)CO2. The molecule has 212 valence electrons. The van der Waals surface area contributed by atoms with Crippen molar-refractivity contribution in [2.24, 2.45) is 0 Å². The summed E-state index contributed by atoms with van der Waals surface area (Å²) in [5.74, 6) is 0.222. The summed E-state index contributed by atoms with van der Waals surface area (Å²) >= 11 is 0. The molecule has 1 aliphatic heterocycles. The normalized spacial score (nSPS) is 17.7. The Morgan fingerprint density at radius 2 is 1.90 bits per heavy atom. The number of halogens is 1. The van der Waals surface area contributed by atoms with Crippen LogP contribution in [-0.4, -0.2) is 49.7 Å². The Balaban J connectivity index is 1.36. The number of hydrogen-bond acceptors (Lipinski definition) is 7. The van der Waals surface area contributed by atoms with E-state index < -0.39 is 15.8 Å². The van der Waals surface area contributed by atoms with E-state index in [1.165, 1.54) is 12.3 Å². The van der Waals surface area contributed by atoms with Crippen LogP contribution in [0.3, 0.4) is 0 Å². The van der Waals surface area contributed by atoms with E-state index in [-0.39, 0.29) is 36.6 Å². The molecule has 1 aliphatic carbocycles. The molecular formula is C30H32FNO7S. The lowest BCUT2D eigenvalue weighted by Gasteiger charge is -2.19. The number of aliphatic carboxylic acids is 1. The fourth-order valence-corrected chi connectivity index (χ4v) is 6.32. The van der Waals surface area contributed by atoms with Gasteiger partial charge in [0.1, 0.15) is 33.3 Å². The number of carbonyl (C=O) groups is 1. The zero-order chi connectivity index (χ0) is 28.6. The molecule has 0 saturated carbocycles. The average Bonchev–Trinajstić information content (AvgIpc) is 3.45. The maximum absolute atomic E-state index is 15.4. The second-order valence-corrected chi connectivity index (χ2v) is 12.8. The van der Waals surface area contributed by atoms with Gasteiger partial charge >= 0.3 is 5.97 Å². The Bertz CT molecular complexity index is 1550. The van der Waals surface area contributed by atoms with Gasteiger partial charge in [0.15, 0.2) is 0 Å². The zero-order valence-electron chi connectivity index (χ0n) is 22.7. The molecule has 10 heteroatoms. The first-order chi connectivity index (χ1) is 19.0. The van der Waals surface area contributed by atoms with Crippen LogP contribution in [0.2, 0.25) is 0 Å². The number of fused-ring (bicyclic) bond motifs is 2. The summed E-state index contributed by atoms with van der Waals surface area (Å²) in [5, 5.41) is 9.12. The van der Waals surface area contributed by atoms with E-state index in [1.807, 2.05) is 26.0 Å². The summed E-state index contributed by atoms with van der Waals surface area (Å²) < 4.78 is 55.8. The molecule has 2 aliphatic rings. The Hall–Kier alpha value is -3.66. The minimum absolute atomic E-state index is 0.0195. The van der Waals surface area contributed by atoms with Crippen molar-refractivity contribution >= 4 is 15.8 Å². The fourth-order valence-electron chi connectivity index (χ4n) is 5.67. The van der Waals surface area contributed by atoms with Crippen molar-refractivity contribution in [3.8, 4) is 28.5 Å². The molecule has 0 amide bonds. The molecule has 40 heavy (non-hydrogen) atoms. The molecule has 0 spiro atoms. The first kappa shape index (κ1) is 27.9. The maximum atomic E-state index is 15.4. The van der Waals surface area contributed by atoms with Gasteiger partial charge in [-0.1, -0.05) is 6.07 Å². The van der Waals surface area contributed by atoms with Crippen LogP contribution >= 0.6 is 0 Å². The number of pyridine rings is 1. The summed E-state index contributed by atoms with van der Waals surface area (Å²) in [5.41, 5.74) is 5.67. The first-order valence-corrected chi connectivity index (χ1v) is 15.3. The molecular weight excluding hydrogens is 537 g/mol. The molecule has 1 aromatic heterocycles. The fraction of sp³-hybridized carbons (Fsp3) is 0.400. The van der Waals surface area contributed by atoms with Gasteiger partial charge in [0.2, 0.25) is 5.88 Å². The van der Waals surface area contributed by atoms with Crippen molar-refractivity contribution in [2.75, 3.05) is 25.2 Å². The van der Waals surface area contributed by atoms with Crippen LogP contribution in [0.5, 0.6) is 17.4 Å². The van der Waals surface area contributed by atoms with E-state index in [9.17, 15) is 13.2 Å². The number of aryl methyl sites for hydroxylation is 2. The highest BCUT2D eigenvalue weighted by molar-refractivity contribution is 7.90. The largest absolute Gasteiger partial charge is 0.494 e. The second-order valence-electron chi connectivity index (χ2n) is 10.6. The van der Waals surface area contributed by atoms with E-state index in [2.05, 4.69) is 4.98 Å². The Kier molecular flexibility index (Phi) is 7.72. The number of carboxylic acids is 1. The minimum atomic E-state index is -3.04. The van der Waals surface area contributed by atoms with Gasteiger partial charge in [-0.2, -0.15) is 0 Å². The van der Waals surface area contributed by atoms with Gasteiger partial charge in [-0.3, -0.25) is 4.79 Å².